The summed E-state index contributed by atoms with van der Waals surface area (Å²) >= 11 is 0. The van der Waals surface area contributed by atoms with Crippen LogP contribution in [0.4, 0.5) is 0 Å². The van der Waals surface area contributed by atoms with E-state index in [4.69, 9.17) is 4.74 Å². The van der Waals surface area contributed by atoms with Crippen LogP contribution in [0.1, 0.15) is 42.9 Å². The Morgan fingerprint density at radius 1 is 1.29 bits per heavy atom. The number of ether oxygens (including phenoxy) is 1. The van der Waals surface area contributed by atoms with Crippen molar-refractivity contribution in [2.75, 3.05) is 27.7 Å². The second-order valence-corrected chi connectivity index (χ2v) is 6.69. The van der Waals surface area contributed by atoms with Gasteiger partial charge in [-0.1, -0.05) is 18.9 Å². The molecule has 0 heterocycles. The summed E-state index contributed by atoms with van der Waals surface area (Å²) < 4.78 is 5.39. The van der Waals surface area contributed by atoms with Gasteiger partial charge >= 0.3 is 0 Å². The molecule has 0 radical (unpaired) electrons. The molecule has 2 unspecified atom stereocenters. The Balaban J connectivity index is 1.74. The summed E-state index contributed by atoms with van der Waals surface area (Å²) in [5.74, 6) is 1.87. The van der Waals surface area contributed by atoms with Crippen molar-refractivity contribution in [1.29, 1.82) is 0 Å². The fourth-order valence-electron chi connectivity index (χ4n) is 4.22. The lowest BCUT2D eigenvalue weighted by atomic mass is 10.0. The van der Waals surface area contributed by atoms with Gasteiger partial charge in [-0.3, -0.25) is 0 Å². The van der Waals surface area contributed by atoms with E-state index < -0.39 is 0 Å². The van der Waals surface area contributed by atoms with Gasteiger partial charge < -0.3 is 15.0 Å². The Morgan fingerprint density at radius 3 is 2.71 bits per heavy atom. The highest BCUT2D eigenvalue weighted by Gasteiger charge is 2.35. The van der Waals surface area contributed by atoms with E-state index >= 15 is 0 Å². The topological polar surface area (TPSA) is 24.5 Å². The molecular formula is C18H28N2O. The maximum absolute atomic E-state index is 5.39. The molecule has 21 heavy (non-hydrogen) atoms. The summed E-state index contributed by atoms with van der Waals surface area (Å²) in [4.78, 5) is 2.59. The molecule has 0 amide bonds. The third kappa shape index (κ3) is 2.95. The van der Waals surface area contributed by atoms with Crippen LogP contribution in [0.3, 0.4) is 0 Å². The Bertz CT molecular complexity index is 482. The fraction of sp³-hybridized carbons (Fsp3) is 0.667. The zero-order valence-electron chi connectivity index (χ0n) is 13.6. The summed E-state index contributed by atoms with van der Waals surface area (Å²) in [6, 6.07) is 7.52. The van der Waals surface area contributed by atoms with Gasteiger partial charge in [-0.05, 0) is 62.5 Å². The van der Waals surface area contributed by atoms with Gasteiger partial charge in [0.25, 0.3) is 0 Å². The third-order valence-electron chi connectivity index (χ3n) is 5.40. The van der Waals surface area contributed by atoms with Crippen molar-refractivity contribution < 1.29 is 4.74 Å². The minimum Gasteiger partial charge on any atom is -0.497 e. The average Bonchev–Trinajstić information content (AvgIpc) is 3.12. The molecule has 1 saturated carbocycles. The molecule has 1 N–H and O–H groups in total. The summed E-state index contributed by atoms with van der Waals surface area (Å²) in [7, 11) is 6.13. The van der Waals surface area contributed by atoms with Crippen molar-refractivity contribution in [1.82, 2.24) is 10.2 Å². The monoisotopic (exact) mass is 288 g/mol. The zero-order chi connectivity index (χ0) is 14.8. The first-order chi connectivity index (χ1) is 10.2. The van der Waals surface area contributed by atoms with Crippen molar-refractivity contribution in [2.45, 2.75) is 44.2 Å². The van der Waals surface area contributed by atoms with Crippen LogP contribution in [-0.2, 0) is 6.42 Å². The summed E-state index contributed by atoms with van der Waals surface area (Å²) in [5.41, 5.74) is 2.89. The van der Waals surface area contributed by atoms with Gasteiger partial charge in [0.05, 0.1) is 7.11 Å². The minimum atomic E-state index is 0.418. The quantitative estimate of drug-likeness (QED) is 0.901. The van der Waals surface area contributed by atoms with Gasteiger partial charge in [0.2, 0.25) is 0 Å². The molecule has 0 aromatic heterocycles. The molecule has 0 spiro atoms. The number of nitrogens with zero attached hydrogens (tertiary/aromatic N) is 1. The molecule has 2 aliphatic carbocycles. The highest BCUT2D eigenvalue weighted by molar-refractivity contribution is 5.42. The van der Waals surface area contributed by atoms with Crippen LogP contribution in [0.2, 0.25) is 0 Å². The lowest BCUT2D eigenvalue weighted by Crippen LogP contribution is -2.41. The summed E-state index contributed by atoms with van der Waals surface area (Å²) in [5, 5.41) is 3.53. The molecule has 3 heteroatoms. The van der Waals surface area contributed by atoms with Crippen molar-refractivity contribution in [2.24, 2.45) is 5.92 Å². The van der Waals surface area contributed by atoms with Crippen molar-refractivity contribution in [3.05, 3.63) is 29.3 Å². The third-order valence-corrected chi connectivity index (χ3v) is 5.40. The molecule has 0 bridgehead atoms. The van der Waals surface area contributed by atoms with E-state index in [0.29, 0.717) is 12.1 Å². The first kappa shape index (κ1) is 14.9. The normalized spacial score (nSPS) is 25.5. The van der Waals surface area contributed by atoms with Gasteiger partial charge in [-0.25, -0.2) is 0 Å². The number of fused-ring (bicyclic) bond motifs is 1. The van der Waals surface area contributed by atoms with Crippen molar-refractivity contribution >= 4 is 0 Å². The molecule has 0 saturated heterocycles. The molecule has 0 aliphatic heterocycles. The highest BCUT2D eigenvalue weighted by atomic mass is 16.5. The standard InChI is InChI=1S/C18H28N2O/c1-19-18-16-11-15(21-3)9-8-14(16)10-17(18)20(2)12-13-6-4-5-7-13/h8-9,11,13,17-19H,4-7,10,12H2,1-3H3. The van der Waals surface area contributed by atoms with Crippen molar-refractivity contribution in [3.8, 4) is 5.75 Å². The Morgan fingerprint density at radius 2 is 2.05 bits per heavy atom. The van der Waals surface area contributed by atoms with Gasteiger partial charge in [0.15, 0.2) is 0 Å². The Hall–Kier alpha value is -1.06. The van der Waals surface area contributed by atoms with Gasteiger partial charge in [-0.15, -0.1) is 0 Å². The van der Waals surface area contributed by atoms with Crippen LogP contribution in [0.15, 0.2) is 18.2 Å². The maximum Gasteiger partial charge on any atom is 0.119 e. The molecule has 116 valence electrons. The lowest BCUT2D eigenvalue weighted by Gasteiger charge is -2.31. The smallest absolute Gasteiger partial charge is 0.119 e. The SMILES string of the molecule is CNC1c2cc(OC)ccc2CC1N(C)CC1CCCC1. The number of likely N-dealkylation sites (N-methyl/N-ethyl adjacent to an activating group) is 2. The van der Waals surface area contributed by atoms with Crippen LogP contribution in [0.25, 0.3) is 0 Å². The summed E-state index contributed by atoms with van der Waals surface area (Å²) in [6.07, 6.45) is 6.84. The average molecular weight is 288 g/mol. The van der Waals surface area contributed by atoms with E-state index in [-0.39, 0.29) is 0 Å². The van der Waals surface area contributed by atoms with E-state index in [1.807, 2.05) is 0 Å². The first-order valence-electron chi connectivity index (χ1n) is 8.27. The Kier molecular flexibility index (Phi) is 4.51. The molecular weight excluding hydrogens is 260 g/mol. The predicted octanol–water partition coefficient (Wildman–Crippen LogP) is 3.00. The second kappa shape index (κ2) is 6.37. The minimum absolute atomic E-state index is 0.418. The maximum atomic E-state index is 5.39. The van der Waals surface area contributed by atoms with E-state index in [9.17, 15) is 0 Å². The van der Waals surface area contributed by atoms with E-state index in [2.05, 4.69) is 42.5 Å². The molecule has 1 fully saturated rings. The van der Waals surface area contributed by atoms with Gasteiger partial charge in [-0.2, -0.15) is 0 Å². The number of methoxy groups -OCH3 is 1. The van der Waals surface area contributed by atoms with E-state index in [0.717, 1.165) is 18.1 Å². The van der Waals surface area contributed by atoms with Crippen LogP contribution >= 0.6 is 0 Å². The van der Waals surface area contributed by atoms with Crippen LogP contribution in [-0.4, -0.2) is 38.7 Å². The highest BCUT2D eigenvalue weighted by Crippen LogP contribution is 2.37. The molecule has 1 aromatic carbocycles. The first-order valence-corrected chi connectivity index (χ1v) is 8.27. The second-order valence-electron chi connectivity index (χ2n) is 6.69. The lowest BCUT2D eigenvalue weighted by molar-refractivity contribution is 0.180. The number of benzene rings is 1. The van der Waals surface area contributed by atoms with Crippen LogP contribution in [0.5, 0.6) is 5.75 Å². The number of hydrogen-bond donors (Lipinski definition) is 1. The van der Waals surface area contributed by atoms with E-state index in [1.165, 1.54) is 43.4 Å². The zero-order valence-corrected chi connectivity index (χ0v) is 13.6. The van der Waals surface area contributed by atoms with Crippen LogP contribution in [0, 0.1) is 5.92 Å². The largest absolute Gasteiger partial charge is 0.497 e. The van der Waals surface area contributed by atoms with Gasteiger partial charge in [0.1, 0.15) is 5.75 Å². The molecule has 1 aromatic rings. The summed E-state index contributed by atoms with van der Waals surface area (Å²) in [6.45, 7) is 1.24. The Labute approximate surface area is 128 Å². The molecule has 3 rings (SSSR count). The van der Waals surface area contributed by atoms with E-state index in [1.54, 1.807) is 7.11 Å². The van der Waals surface area contributed by atoms with Gasteiger partial charge in [0, 0.05) is 18.6 Å². The van der Waals surface area contributed by atoms with Crippen molar-refractivity contribution in [3.63, 3.8) is 0 Å². The number of nitrogens with one attached hydrogen (secondary N) is 1. The predicted molar refractivity (Wildman–Crippen MR) is 86.9 cm³/mol. The number of hydrogen-bond acceptors (Lipinski definition) is 3. The molecule has 3 nitrogen and oxygen atoms in total. The van der Waals surface area contributed by atoms with Crippen LogP contribution < -0.4 is 10.1 Å². The molecule has 2 atom stereocenters. The fourth-order valence-corrected chi connectivity index (χ4v) is 4.22. The number of rotatable bonds is 5. The molecule has 2 aliphatic rings.